The van der Waals surface area contributed by atoms with Crippen LogP contribution in [0.25, 0.3) is 10.9 Å². The third kappa shape index (κ3) is 4.13. The van der Waals surface area contributed by atoms with Gasteiger partial charge in [-0.05, 0) is 44.7 Å². The number of pyridine rings is 1. The van der Waals surface area contributed by atoms with Gasteiger partial charge in [-0.1, -0.05) is 0 Å². The summed E-state index contributed by atoms with van der Waals surface area (Å²) in [4.78, 5) is 12.8. The molecular formula is C22H27N4O5+. The SMILES string of the molecule is COc1cc2nn([C@H]3CC[C@](C)(O)CC3)cc2cc1NC(=O)c1cccc(OC)[n+]1O. The minimum Gasteiger partial charge on any atom is -0.494 e. The highest BCUT2D eigenvalue weighted by atomic mass is 16.5. The molecular weight excluding hydrogens is 400 g/mol. The van der Waals surface area contributed by atoms with Gasteiger partial charge in [-0.15, -0.1) is 0 Å². The van der Waals surface area contributed by atoms with Crippen molar-refractivity contribution < 1.29 is 29.3 Å². The van der Waals surface area contributed by atoms with Crippen LogP contribution in [0.4, 0.5) is 5.69 Å². The number of ether oxygens (including phenoxy) is 2. The number of methoxy groups -OCH3 is 2. The fourth-order valence-corrected chi connectivity index (χ4v) is 4.01. The Kier molecular flexibility index (Phi) is 5.45. The van der Waals surface area contributed by atoms with Crippen LogP contribution in [0.3, 0.4) is 0 Å². The highest BCUT2D eigenvalue weighted by Crippen LogP contribution is 2.36. The predicted molar refractivity (Wildman–Crippen MR) is 113 cm³/mol. The normalized spacial score (nSPS) is 21.1. The van der Waals surface area contributed by atoms with Gasteiger partial charge < -0.3 is 19.9 Å². The first kappa shape index (κ1) is 20.9. The van der Waals surface area contributed by atoms with Gasteiger partial charge in [-0.25, -0.2) is 0 Å². The standard InChI is InChI=1S/C22H26N4O5/c1-22(28)9-7-15(8-10-22)25-13-14-11-17(19(30-2)12-16(14)24-25)23-21(27)18-5-4-6-20(31-3)26(18)29/h4-6,11-13,15,28H,7-10H2,1-3H3,(H-,23,27,29)/p+1/t15-,22-. The topological polar surface area (TPSA) is 110 Å². The van der Waals surface area contributed by atoms with Gasteiger partial charge >= 0.3 is 17.5 Å². The first-order valence-corrected chi connectivity index (χ1v) is 10.2. The molecule has 1 fully saturated rings. The molecule has 3 aromatic rings. The van der Waals surface area contributed by atoms with Gasteiger partial charge in [0.05, 0.1) is 47.9 Å². The number of nitrogens with zero attached hydrogens (tertiary/aromatic N) is 3. The number of carbonyl (C=O) groups excluding carboxylic acids is 1. The molecule has 2 aromatic heterocycles. The summed E-state index contributed by atoms with van der Waals surface area (Å²) in [7, 11) is 2.93. The first-order valence-electron chi connectivity index (χ1n) is 10.2. The second-order valence-electron chi connectivity index (χ2n) is 8.17. The van der Waals surface area contributed by atoms with E-state index in [2.05, 4.69) is 10.4 Å². The molecule has 1 amide bonds. The second kappa shape index (κ2) is 8.07. The molecule has 1 aromatic carbocycles. The molecule has 0 aliphatic heterocycles. The quantitative estimate of drug-likeness (QED) is 0.427. The Balaban J connectivity index is 1.62. The number of amides is 1. The van der Waals surface area contributed by atoms with E-state index in [1.165, 1.54) is 20.3 Å². The summed E-state index contributed by atoms with van der Waals surface area (Å²) in [5, 5.41) is 28.7. The van der Waals surface area contributed by atoms with Gasteiger partial charge in [0.1, 0.15) is 5.75 Å². The Bertz CT molecular complexity index is 1110. The van der Waals surface area contributed by atoms with Crippen LogP contribution >= 0.6 is 0 Å². The smallest absolute Gasteiger partial charge is 0.417 e. The van der Waals surface area contributed by atoms with E-state index in [9.17, 15) is 15.1 Å². The van der Waals surface area contributed by atoms with E-state index in [0.717, 1.165) is 36.6 Å². The number of hydrogen-bond donors (Lipinski definition) is 3. The van der Waals surface area contributed by atoms with Crippen molar-refractivity contribution in [2.75, 3.05) is 19.5 Å². The molecule has 9 nitrogen and oxygen atoms in total. The predicted octanol–water partition coefficient (Wildman–Crippen LogP) is 2.70. The van der Waals surface area contributed by atoms with E-state index in [1.54, 1.807) is 24.3 Å². The van der Waals surface area contributed by atoms with Crippen molar-refractivity contribution in [1.82, 2.24) is 9.78 Å². The molecule has 0 atom stereocenters. The van der Waals surface area contributed by atoms with Crippen molar-refractivity contribution in [3.63, 3.8) is 0 Å². The Labute approximate surface area is 179 Å². The van der Waals surface area contributed by atoms with Gasteiger partial charge in [-0.3, -0.25) is 14.7 Å². The summed E-state index contributed by atoms with van der Waals surface area (Å²) in [6.45, 7) is 1.88. The Hall–Kier alpha value is -3.33. The lowest BCUT2D eigenvalue weighted by molar-refractivity contribution is -0.907. The molecule has 1 aliphatic rings. The number of fused-ring (bicyclic) bond motifs is 1. The Morgan fingerprint density at radius 3 is 2.68 bits per heavy atom. The van der Waals surface area contributed by atoms with Crippen molar-refractivity contribution in [2.24, 2.45) is 0 Å². The van der Waals surface area contributed by atoms with Crippen molar-refractivity contribution in [2.45, 2.75) is 44.2 Å². The number of carbonyl (C=O) groups is 1. The number of aromatic nitrogens is 3. The van der Waals surface area contributed by atoms with Crippen LogP contribution in [-0.2, 0) is 0 Å². The minimum absolute atomic E-state index is 0.0199. The van der Waals surface area contributed by atoms with Crippen LogP contribution < -0.4 is 19.5 Å². The third-order valence-electron chi connectivity index (χ3n) is 5.87. The molecule has 164 valence electrons. The van der Waals surface area contributed by atoms with E-state index >= 15 is 0 Å². The van der Waals surface area contributed by atoms with Crippen LogP contribution in [0.5, 0.6) is 11.6 Å². The fraction of sp³-hybridized carbons (Fsp3) is 0.409. The maximum atomic E-state index is 12.8. The molecule has 3 N–H and O–H groups in total. The lowest BCUT2D eigenvalue weighted by Gasteiger charge is -2.33. The highest BCUT2D eigenvalue weighted by Gasteiger charge is 2.30. The second-order valence-corrected chi connectivity index (χ2v) is 8.17. The molecule has 0 radical (unpaired) electrons. The van der Waals surface area contributed by atoms with E-state index in [-0.39, 0.29) is 17.6 Å². The van der Waals surface area contributed by atoms with E-state index in [1.807, 2.05) is 17.8 Å². The Morgan fingerprint density at radius 2 is 2.00 bits per heavy atom. The zero-order chi connectivity index (χ0) is 22.2. The largest absolute Gasteiger partial charge is 0.494 e. The maximum Gasteiger partial charge on any atom is 0.417 e. The number of hydrogen-bond acceptors (Lipinski definition) is 6. The maximum absolute atomic E-state index is 12.8. The van der Waals surface area contributed by atoms with E-state index in [4.69, 9.17) is 9.47 Å². The molecule has 0 spiro atoms. The average molecular weight is 427 g/mol. The van der Waals surface area contributed by atoms with Crippen molar-refractivity contribution in [3.05, 3.63) is 42.2 Å². The molecule has 9 heteroatoms. The average Bonchev–Trinajstić information content (AvgIpc) is 3.15. The lowest BCUT2D eigenvalue weighted by Crippen LogP contribution is -2.40. The molecule has 2 heterocycles. The summed E-state index contributed by atoms with van der Waals surface area (Å²) in [6, 6.07) is 8.45. The summed E-state index contributed by atoms with van der Waals surface area (Å²) >= 11 is 0. The van der Waals surface area contributed by atoms with Gasteiger partial charge in [-0.2, -0.15) is 5.10 Å². The number of rotatable bonds is 5. The fourth-order valence-electron chi connectivity index (χ4n) is 4.01. The summed E-state index contributed by atoms with van der Waals surface area (Å²) < 4.78 is 13.1. The molecule has 31 heavy (non-hydrogen) atoms. The molecule has 1 saturated carbocycles. The molecule has 0 saturated heterocycles. The summed E-state index contributed by atoms with van der Waals surface area (Å²) in [5.41, 5.74) is 0.638. The summed E-state index contributed by atoms with van der Waals surface area (Å²) in [5.74, 6) is 0.0915. The lowest BCUT2D eigenvalue weighted by atomic mass is 9.84. The van der Waals surface area contributed by atoms with E-state index in [0.29, 0.717) is 16.2 Å². The van der Waals surface area contributed by atoms with Crippen molar-refractivity contribution in [3.8, 4) is 11.6 Å². The third-order valence-corrected chi connectivity index (χ3v) is 5.87. The number of benzene rings is 1. The van der Waals surface area contributed by atoms with E-state index < -0.39 is 11.5 Å². The molecule has 1 aliphatic carbocycles. The van der Waals surface area contributed by atoms with Crippen LogP contribution in [0.15, 0.2) is 36.5 Å². The highest BCUT2D eigenvalue weighted by molar-refractivity contribution is 6.04. The van der Waals surface area contributed by atoms with Gasteiger partial charge in [0.15, 0.2) is 0 Å². The van der Waals surface area contributed by atoms with Gasteiger partial charge in [0.2, 0.25) is 0 Å². The first-order chi connectivity index (χ1) is 14.8. The number of nitrogens with one attached hydrogen (secondary N) is 1. The van der Waals surface area contributed by atoms with Crippen LogP contribution in [-0.4, -0.2) is 45.8 Å². The number of aliphatic hydroxyl groups is 1. The van der Waals surface area contributed by atoms with Crippen LogP contribution in [0.1, 0.15) is 49.1 Å². The summed E-state index contributed by atoms with van der Waals surface area (Å²) in [6.07, 6.45) is 5.13. The monoisotopic (exact) mass is 427 g/mol. The van der Waals surface area contributed by atoms with Gasteiger partial charge in [0, 0.05) is 23.7 Å². The molecule has 4 rings (SSSR count). The number of anilines is 1. The zero-order valence-corrected chi connectivity index (χ0v) is 17.8. The van der Waals surface area contributed by atoms with Crippen LogP contribution in [0.2, 0.25) is 0 Å². The van der Waals surface area contributed by atoms with Gasteiger partial charge in [0.25, 0.3) is 0 Å². The molecule has 0 bridgehead atoms. The zero-order valence-electron chi connectivity index (χ0n) is 17.8. The minimum atomic E-state index is -0.604. The molecule has 0 unspecified atom stereocenters. The Morgan fingerprint density at radius 1 is 1.26 bits per heavy atom. The van der Waals surface area contributed by atoms with Crippen molar-refractivity contribution >= 4 is 22.5 Å². The van der Waals surface area contributed by atoms with Crippen LogP contribution in [0, 0.1) is 0 Å². The van der Waals surface area contributed by atoms with Crippen molar-refractivity contribution in [1.29, 1.82) is 0 Å².